The number of hydrogen-bond donors (Lipinski definition) is 2. The zero-order valence-corrected chi connectivity index (χ0v) is 23.7. The zero-order chi connectivity index (χ0) is 28.4. The highest BCUT2D eigenvalue weighted by molar-refractivity contribution is 7.13. The van der Waals surface area contributed by atoms with Gasteiger partial charge >= 0.3 is 0 Å². The van der Waals surface area contributed by atoms with E-state index in [4.69, 9.17) is 19.0 Å². The highest BCUT2D eigenvalue weighted by atomic mass is 32.1. The molecule has 0 saturated carbocycles. The summed E-state index contributed by atoms with van der Waals surface area (Å²) in [4.78, 5) is 49.0. The Bertz CT molecular complexity index is 1150. The molecule has 1 aromatic carbocycles. The number of methoxy groups -OCH3 is 2. The van der Waals surface area contributed by atoms with Crippen molar-refractivity contribution in [3.63, 3.8) is 0 Å². The van der Waals surface area contributed by atoms with Crippen LogP contribution in [-0.4, -0.2) is 87.1 Å². The summed E-state index contributed by atoms with van der Waals surface area (Å²) in [6.45, 7) is 4.08. The maximum Gasteiger partial charge on any atom is 0.263 e. The van der Waals surface area contributed by atoms with Gasteiger partial charge in [0, 0.05) is 20.6 Å². The Morgan fingerprint density at radius 1 is 1.10 bits per heavy atom. The molecule has 11 nitrogen and oxygen atoms in total. The van der Waals surface area contributed by atoms with Crippen LogP contribution in [0.3, 0.4) is 0 Å². The topological polar surface area (TPSA) is 141 Å². The first kappa shape index (κ1) is 30.4. The molecule has 1 aliphatic heterocycles. The van der Waals surface area contributed by atoms with E-state index >= 15 is 0 Å². The molecule has 0 aliphatic carbocycles. The molecule has 212 valence electrons. The van der Waals surface area contributed by atoms with Crippen LogP contribution in [0.4, 0.5) is 0 Å². The highest BCUT2D eigenvalue weighted by Crippen LogP contribution is 2.30. The van der Waals surface area contributed by atoms with Gasteiger partial charge in [-0.1, -0.05) is 35.5 Å². The summed E-state index contributed by atoms with van der Waals surface area (Å²) in [6, 6.07) is 8.17. The molecule has 2 amide bonds. The van der Waals surface area contributed by atoms with Gasteiger partial charge in [0.15, 0.2) is 5.78 Å². The monoisotopic (exact) mass is 560 g/mol. The number of amides is 2. The summed E-state index contributed by atoms with van der Waals surface area (Å²) in [5, 5.41) is 10.7. The summed E-state index contributed by atoms with van der Waals surface area (Å²) in [5.41, 5.74) is 0.878. The smallest absolute Gasteiger partial charge is 0.263 e. The van der Waals surface area contributed by atoms with E-state index in [1.54, 1.807) is 6.92 Å². The number of hydrogen-bond acceptors (Lipinski definition) is 10. The Kier molecular flexibility index (Phi) is 11.1. The van der Waals surface area contributed by atoms with Gasteiger partial charge in [-0.05, 0) is 25.8 Å². The average molecular weight is 561 g/mol. The molecule has 3 rings (SSSR count). The summed E-state index contributed by atoms with van der Waals surface area (Å²) in [6.07, 6.45) is 1.73. The molecule has 1 aliphatic rings. The number of epoxide rings is 1. The SMILES string of the molecule is COC[C@H](CC(=O)[C@H](COC)NC(=O)c1cnc(C)s1)C(=O)N[C@@H](Cc1ccccc1)/C(=N/OC)[C@@]1(C)CO1. The third-order valence-electron chi connectivity index (χ3n) is 6.30. The van der Waals surface area contributed by atoms with E-state index in [0.29, 0.717) is 23.6 Å². The van der Waals surface area contributed by atoms with Gasteiger partial charge in [0.1, 0.15) is 29.3 Å². The second kappa shape index (κ2) is 14.3. The van der Waals surface area contributed by atoms with E-state index in [9.17, 15) is 14.4 Å². The summed E-state index contributed by atoms with van der Waals surface area (Å²) in [7, 11) is 4.34. The number of Topliss-reactive ketones (excluding diaryl/α,β-unsaturated/α-hetero) is 1. The van der Waals surface area contributed by atoms with Crippen LogP contribution in [0, 0.1) is 12.8 Å². The first-order chi connectivity index (χ1) is 18.7. The number of carbonyl (C=O) groups excluding carboxylic acids is 3. The van der Waals surface area contributed by atoms with E-state index in [0.717, 1.165) is 10.6 Å². The maximum absolute atomic E-state index is 13.5. The van der Waals surface area contributed by atoms with Gasteiger partial charge in [0.05, 0.1) is 43.0 Å². The summed E-state index contributed by atoms with van der Waals surface area (Å²) >= 11 is 1.22. The second-order valence-electron chi connectivity index (χ2n) is 9.48. The van der Waals surface area contributed by atoms with Crippen molar-refractivity contribution in [2.45, 2.75) is 44.4 Å². The normalized spacial score (nSPS) is 19.1. The lowest BCUT2D eigenvalue weighted by molar-refractivity contribution is -0.132. The van der Waals surface area contributed by atoms with Gasteiger partial charge in [-0.25, -0.2) is 4.98 Å². The number of ketones is 1. The van der Waals surface area contributed by atoms with Crippen LogP contribution in [-0.2, 0) is 35.1 Å². The molecule has 1 fully saturated rings. The van der Waals surface area contributed by atoms with Crippen molar-refractivity contribution in [2.24, 2.45) is 11.1 Å². The Labute approximate surface area is 232 Å². The number of nitrogens with zero attached hydrogens (tertiary/aromatic N) is 2. The summed E-state index contributed by atoms with van der Waals surface area (Å²) < 4.78 is 16.1. The van der Waals surface area contributed by atoms with Crippen molar-refractivity contribution in [1.29, 1.82) is 0 Å². The van der Waals surface area contributed by atoms with Crippen LogP contribution in [0.5, 0.6) is 0 Å². The number of oxime groups is 1. The van der Waals surface area contributed by atoms with Crippen LogP contribution in [0.25, 0.3) is 0 Å². The number of rotatable bonds is 16. The van der Waals surface area contributed by atoms with Crippen molar-refractivity contribution in [3.05, 3.63) is 52.0 Å². The molecular formula is C27H36N4O7S. The zero-order valence-electron chi connectivity index (χ0n) is 22.9. The Morgan fingerprint density at radius 2 is 1.79 bits per heavy atom. The molecule has 0 spiro atoms. The van der Waals surface area contributed by atoms with Gasteiger partial charge in [-0.15, -0.1) is 11.3 Å². The Morgan fingerprint density at radius 3 is 2.36 bits per heavy atom. The molecule has 0 radical (unpaired) electrons. The fraction of sp³-hybridized carbons (Fsp3) is 0.519. The maximum atomic E-state index is 13.5. The largest absolute Gasteiger partial charge is 0.399 e. The van der Waals surface area contributed by atoms with Crippen molar-refractivity contribution in [2.75, 3.05) is 41.2 Å². The van der Waals surface area contributed by atoms with Crippen molar-refractivity contribution in [1.82, 2.24) is 15.6 Å². The van der Waals surface area contributed by atoms with E-state index in [1.165, 1.54) is 38.9 Å². The minimum absolute atomic E-state index is 0.00183. The minimum Gasteiger partial charge on any atom is -0.399 e. The quantitative estimate of drug-likeness (QED) is 0.180. The number of carbonyl (C=O) groups is 3. The van der Waals surface area contributed by atoms with E-state index < -0.39 is 29.5 Å². The van der Waals surface area contributed by atoms with Crippen LogP contribution in [0.1, 0.15) is 33.6 Å². The molecule has 12 heteroatoms. The fourth-order valence-electron chi connectivity index (χ4n) is 4.13. The van der Waals surface area contributed by atoms with Crippen molar-refractivity contribution < 1.29 is 33.4 Å². The van der Waals surface area contributed by atoms with Gasteiger partial charge < -0.3 is 29.7 Å². The van der Waals surface area contributed by atoms with Crippen LogP contribution < -0.4 is 10.6 Å². The minimum atomic E-state index is -0.943. The average Bonchev–Trinajstić information content (AvgIpc) is 3.51. The molecule has 2 N–H and O–H groups in total. The Hall–Kier alpha value is -3.19. The number of aryl methyl sites for hydroxylation is 1. The predicted octanol–water partition coefficient (Wildman–Crippen LogP) is 1.94. The lowest BCUT2D eigenvalue weighted by Crippen LogP contribution is -2.51. The fourth-order valence-corrected chi connectivity index (χ4v) is 4.81. The Balaban J connectivity index is 1.76. The molecule has 2 heterocycles. The first-order valence-electron chi connectivity index (χ1n) is 12.5. The van der Waals surface area contributed by atoms with Gasteiger partial charge in [-0.2, -0.15) is 0 Å². The van der Waals surface area contributed by atoms with Crippen LogP contribution >= 0.6 is 11.3 Å². The third kappa shape index (κ3) is 8.65. The number of thiazole rings is 1. The first-order valence-corrected chi connectivity index (χ1v) is 13.4. The number of benzene rings is 1. The lowest BCUT2D eigenvalue weighted by atomic mass is 9.92. The van der Waals surface area contributed by atoms with Gasteiger partial charge in [0.2, 0.25) is 5.91 Å². The third-order valence-corrected chi connectivity index (χ3v) is 7.21. The second-order valence-corrected chi connectivity index (χ2v) is 10.7. The molecule has 4 atom stereocenters. The molecule has 0 bridgehead atoms. The van der Waals surface area contributed by atoms with E-state index in [1.807, 2.05) is 37.3 Å². The molecule has 1 aromatic heterocycles. The standard InChI is InChI=1S/C27H36N4O7S/c1-17-28-13-23(39-17)26(34)30-21(15-36-4)22(32)12-19(14-35-3)25(33)29-20(11-18-9-7-6-8-10-18)24(31-37-5)27(2)16-38-27/h6-10,13,19-21H,11-12,14-16H2,1-5H3,(H,29,33)(H,30,34)/b31-24-/t19-,20-,21-,27+/m0/s1. The predicted molar refractivity (Wildman–Crippen MR) is 146 cm³/mol. The van der Waals surface area contributed by atoms with Gasteiger partial charge in [0.25, 0.3) is 5.91 Å². The number of aromatic nitrogens is 1. The van der Waals surface area contributed by atoms with Crippen molar-refractivity contribution in [3.8, 4) is 0 Å². The lowest BCUT2D eigenvalue weighted by Gasteiger charge is -2.26. The van der Waals surface area contributed by atoms with Crippen LogP contribution in [0.2, 0.25) is 0 Å². The highest BCUT2D eigenvalue weighted by Gasteiger charge is 2.49. The molecule has 0 unspecified atom stereocenters. The van der Waals surface area contributed by atoms with E-state index in [2.05, 4.69) is 20.8 Å². The molecule has 39 heavy (non-hydrogen) atoms. The number of ether oxygens (including phenoxy) is 3. The van der Waals surface area contributed by atoms with Crippen molar-refractivity contribution >= 4 is 34.6 Å². The molecule has 2 aromatic rings. The molecular weight excluding hydrogens is 524 g/mol. The van der Waals surface area contributed by atoms with E-state index in [-0.39, 0.29) is 31.3 Å². The molecule has 1 saturated heterocycles. The van der Waals surface area contributed by atoms with Gasteiger partial charge in [-0.3, -0.25) is 14.4 Å². The van der Waals surface area contributed by atoms with Crippen LogP contribution in [0.15, 0.2) is 41.7 Å². The summed E-state index contributed by atoms with van der Waals surface area (Å²) in [5.74, 6) is -1.99. The number of nitrogens with one attached hydrogen (secondary N) is 2.